The third-order valence-corrected chi connectivity index (χ3v) is 3.40. The molecular weight excluding hydrogens is 216 g/mol. The minimum atomic E-state index is 0.527. The maximum Gasteiger partial charge on any atom is 0.00559 e. The van der Waals surface area contributed by atoms with Crippen LogP contribution in [0.4, 0.5) is 0 Å². The normalized spacial score (nSPS) is 17.9. The molecule has 18 heavy (non-hydrogen) atoms. The van der Waals surface area contributed by atoms with Crippen molar-refractivity contribution in [3.8, 4) is 11.1 Å². The van der Waals surface area contributed by atoms with Crippen molar-refractivity contribution in [2.75, 3.05) is 0 Å². The van der Waals surface area contributed by atoms with Gasteiger partial charge in [-0.05, 0) is 23.1 Å². The fraction of sp³-hybridized carbons (Fsp3) is 0.111. The minimum absolute atomic E-state index is 0.527. The molecule has 0 nitrogen and oxygen atoms in total. The van der Waals surface area contributed by atoms with Gasteiger partial charge in [0.15, 0.2) is 0 Å². The van der Waals surface area contributed by atoms with Crippen molar-refractivity contribution in [3.63, 3.8) is 0 Å². The van der Waals surface area contributed by atoms with E-state index in [1.807, 2.05) is 0 Å². The minimum Gasteiger partial charge on any atom is -0.0836 e. The van der Waals surface area contributed by atoms with Gasteiger partial charge in [0.25, 0.3) is 0 Å². The Morgan fingerprint density at radius 3 is 2.39 bits per heavy atom. The maximum absolute atomic E-state index is 2.31. The van der Waals surface area contributed by atoms with Crippen LogP contribution in [0.25, 0.3) is 11.1 Å². The number of rotatable bonds is 2. The summed E-state index contributed by atoms with van der Waals surface area (Å²) in [5, 5.41) is 0. The van der Waals surface area contributed by atoms with Gasteiger partial charge < -0.3 is 0 Å². The molecule has 0 aromatic heterocycles. The van der Waals surface area contributed by atoms with Crippen molar-refractivity contribution in [3.05, 3.63) is 84.5 Å². The average Bonchev–Trinajstić information content (AvgIpc) is 2.49. The molecule has 1 aliphatic rings. The highest BCUT2D eigenvalue weighted by Crippen LogP contribution is 2.28. The van der Waals surface area contributed by atoms with Crippen LogP contribution in [0.5, 0.6) is 0 Å². The number of allylic oxidation sites excluding steroid dienone is 4. The Balaban J connectivity index is 1.94. The lowest BCUT2D eigenvalue weighted by atomic mass is 9.90. The first kappa shape index (κ1) is 11.0. The zero-order valence-electron chi connectivity index (χ0n) is 10.3. The molecular formula is C18H16. The van der Waals surface area contributed by atoms with E-state index in [2.05, 4.69) is 78.9 Å². The van der Waals surface area contributed by atoms with Gasteiger partial charge >= 0.3 is 0 Å². The van der Waals surface area contributed by atoms with Gasteiger partial charge in [-0.25, -0.2) is 0 Å². The molecule has 0 spiro atoms. The van der Waals surface area contributed by atoms with Crippen molar-refractivity contribution in [2.24, 2.45) is 0 Å². The smallest absolute Gasteiger partial charge is 0.00559 e. The molecule has 1 aliphatic carbocycles. The second-order valence-electron chi connectivity index (χ2n) is 4.65. The van der Waals surface area contributed by atoms with Gasteiger partial charge in [-0.1, -0.05) is 78.9 Å². The number of hydrogen-bond donors (Lipinski definition) is 0. The molecule has 0 amide bonds. The zero-order chi connectivity index (χ0) is 12.2. The van der Waals surface area contributed by atoms with Gasteiger partial charge in [0.05, 0.1) is 0 Å². The summed E-state index contributed by atoms with van der Waals surface area (Å²) >= 11 is 0. The predicted molar refractivity (Wildman–Crippen MR) is 77.5 cm³/mol. The molecule has 0 N–H and O–H groups in total. The summed E-state index contributed by atoms with van der Waals surface area (Å²) in [5.74, 6) is 0.527. The molecule has 0 radical (unpaired) electrons. The summed E-state index contributed by atoms with van der Waals surface area (Å²) in [7, 11) is 0. The van der Waals surface area contributed by atoms with Gasteiger partial charge in [0.2, 0.25) is 0 Å². The van der Waals surface area contributed by atoms with Crippen LogP contribution in [0.2, 0.25) is 0 Å². The monoisotopic (exact) mass is 232 g/mol. The van der Waals surface area contributed by atoms with Crippen LogP contribution in [-0.2, 0) is 0 Å². The van der Waals surface area contributed by atoms with E-state index >= 15 is 0 Å². The lowest BCUT2D eigenvalue weighted by molar-refractivity contribution is 0.854. The number of benzene rings is 2. The van der Waals surface area contributed by atoms with E-state index in [1.165, 1.54) is 16.7 Å². The third kappa shape index (κ3) is 2.28. The summed E-state index contributed by atoms with van der Waals surface area (Å²) in [6.45, 7) is 0. The van der Waals surface area contributed by atoms with E-state index in [4.69, 9.17) is 0 Å². The first-order valence-corrected chi connectivity index (χ1v) is 6.42. The van der Waals surface area contributed by atoms with Crippen molar-refractivity contribution >= 4 is 0 Å². The SMILES string of the molecule is C1=CCC(c2cccc(-c3ccccc3)c2)C=C1. The second-order valence-corrected chi connectivity index (χ2v) is 4.65. The van der Waals surface area contributed by atoms with Crippen LogP contribution in [0.15, 0.2) is 78.9 Å². The average molecular weight is 232 g/mol. The quantitative estimate of drug-likeness (QED) is 0.687. The standard InChI is InChI=1S/C18H16/c1-3-8-15(9-4-1)17-12-7-13-18(14-17)16-10-5-2-6-11-16/h1-10,12-14,16H,11H2. The summed E-state index contributed by atoms with van der Waals surface area (Å²) in [4.78, 5) is 0. The van der Waals surface area contributed by atoms with Gasteiger partial charge in [0.1, 0.15) is 0 Å². The van der Waals surface area contributed by atoms with Crippen molar-refractivity contribution in [1.82, 2.24) is 0 Å². The maximum atomic E-state index is 2.31. The van der Waals surface area contributed by atoms with Crippen LogP contribution in [-0.4, -0.2) is 0 Å². The molecule has 0 heterocycles. The van der Waals surface area contributed by atoms with Gasteiger partial charge in [0, 0.05) is 5.92 Å². The largest absolute Gasteiger partial charge is 0.0836 e. The van der Waals surface area contributed by atoms with Crippen molar-refractivity contribution in [2.45, 2.75) is 12.3 Å². The molecule has 0 saturated carbocycles. The molecule has 2 aromatic carbocycles. The Morgan fingerprint density at radius 2 is 1.61 bits per heavy atom. The van der Waals surface area contributed by atoms with Gasteiger partial charge in [-0.2, -0.15) is 0 Å². The second kappa shape index (κ2) is 5.05. The molecule has 0 heteroatoms. The zero-order valence-corrected chi connectivity index (χ0v) is 10.3. The van der Waals surface area contributed by atoms with Crippen molar-refractivity contribution < 1.29 is 0 Å². The molecule has 1 atom stereocenters. The summed E-state index contributed by atoms with van der Waals surface area (Å²) in [5.41, 5.74) is 3.99. The first-order chi connectivity index (χ1) is 8.93. The van der Waals surface area contributed by atoms with E-state index < -0.39 is 0 Å². The van der Waals surface area contributed by atoms with Crippen molar-refractivity contribution in [1.29, 1.82) is 0 Å². The van der Waals surface area contributed by atoms with E-state index in [0.717, 1.165) is 6.42 Å². The first-order valence-electron chi connectivity index (χ1n) is 6.42. The van der Waals surface area contributed by atoms with E-state index in [9.17, 15) is 0 Å². The van der Waals surface area contributed by atoms with Gasteiger partial charge in [-0.15, -0.1) is 0 Å². The Labute approximate surface area is 108 Å². The molecule has 0 fully saturated rings. The highest BCUT2D eigenvalue weighted by atomic mass is 14.1. The topological polar surface area (TPSA) is 0 Å². The van der Waals surface area contributed by atoms with E-state index in [0.29, 0.717) is 5.92 Å². The highest BCUT2D eigenvalue weighted by molar-refractivity contribution is 5.64. The molecule has 88 valence electrons. The van der Waals surface area contributed by atoms with Crippen LogP contribution < -0.4 is 0 Å². The van der Waals surface area contributed by atoms with Crippen LogP contribution in [0, 0.1) is 0 Å². The number of hydrogen-bond acceptors (Lipinski definition) is 0. The lowest BCUT2D eigenvalue weighted by Gasteiger charge is -2.14. The molecule has 0 saturated heterocycles. The Hall–Kier alpha value is -2.08. The third-order valence-electron chi connectivity index (χ3n) is 3.40. The van der Waals surface area contributed by atoms with E-state index in [-0.39, 0.29) is 0 Å². The Kier molecular flexibility index (Phi) is 3.10. The lowest BCUT2D eigenvalue weighted by Crippen LogP contribution is -1.96. The Morgan fingerprint density at radius 1 is 0.778 bits per heavy atom. The van der Waals surface area contributed by atoms with Gasteiger partial charge in [-0.3, -0.25) is 0 Å². The van der Waals surface area contributed by atoms with E-state index in [1.54, 1.807) is 0 Å². The van der Waals surface area contributed by atoms with Crippen LogP contribution in [0.1, 0.15) is 17.9 Å². The van der Waals surface area contributed by atoms with Crippen LogP contribution >= 0.6 is 0 Å². The predicted octanol–water partition coefficient (Wildman–Crippen LogP) is 4.95. The summed E-state index contributed by atoms with van der Waals surface area (Å²) in [6, 6.07) is 19.4. The molecule has 3 rings (SSSR count). The molecule has 2 aromatic rings. The summed E-state index contributed by atoms with van der Waals surface area (Å²) < 4.78 is 0. The Bertz CT molecular complexity index is 576. The summed E-state index contributed by atoms with van der Waals surface area (Å²) in [6.07, 6.45) is 9.89. The highest BCUT2D eigenvalue weighted by Gasteiger charge is 2.09. The fourth-order valence-electron chi connectivity index (χ4n) is 2.41. The van der Waals surface area contributed by atoms with Crippen LogP contribution in [0.3, 0.4) is 0 Å². The molecule has 0 bridgehead atoms. The molecule has 1 unspecified atom stereocenters. The fourth-order valence-corrected chi connectivity index (χ4v) is 2.41. The molecule has 0 aliphatic heterocycles.